The molecule has 0 N–H and O–H groups in total. The zero-order chi connectivity index (χ0) is 14.6. The molecule has 2 rings (SSSR count). The Hall–Kier alpha value is -1.92. The second kappa shape index (κ2) is 6.02. The molecular formula is C14H16N2O3S. The number of aromatic nitrogens is 1. The monoisotopic (exact) mass is 292 g/mol. The number of rotatable bonds is 5. The van der Waals surface area contributed by atoms with Gasteiger partial charge >= 0.3 is 0 Å². The van der Waals surface area contributed by atoms with E-state index in [1.165, 1.54) is 17.5 Å². The predicted octanol–water partition coefficient (Wildman–Crippen LogP) is 1.91. The lowest BCUT2D eigenvalue weighted by Crippen LogP contribution is -2.26. The number of hydrogen-bond donors (Lipinski definition) is 0. The number of sulfonamides is 1. The van der Waals surface area contributed by atoms with E-state index in [-0.39, 0.29) is 11.4 Å². The van der Waals surface area contributed by atoms with Gasteiger partial charge in [-0.3, -0.25) is 4.98 Å². The van der Waals surface area contributed by atoms with Crippen molar-refractivity contribution < 1.29 is 13.2 Å². The molecule has 0 amide bonds. The first kappa shape index (κ1) is 14.5. The van der Waals surface area contributed by atoms with Gasteiger partial charge in [0, 0.05) is 26.0 Å². The number of nitrogens with zero attached hydrogens (tertiary/aromatic N) is 2. The Morgan fingerprint density at radius 2 is 1.80 bits per heavy atom. The molecule has 1 aromatic heterocycles. The minimum Gasteiger partial charge on any atom is -0.495 e. The minimum atomic E-state index is -3.59. The smallest absolute Gasteiger partial charge is 0.246 e. The van der Waals surface area contributed by atoms with E-state index in [2.05, 4.69) is 4.98 Å². The summed E-state index contributed by atoms with van der Waals surface area (Å²) in [5.41, 5.74) is 0.876. The van der Waals surface area contributed by atoms with Gasteiger partial charge in [-0.1, -0.05) is 12.1 Å². The molecule has 0 aliphatic rings. The highest BCUT2D eigenvalue weighted by molar-refractivity contribution is 7.89. The fourth-order valence-electron chi connectivity index (χ4n) is 1.83. The summed E-state index contributed by atoms with van der Waals surface area (Å²) in [5.74, 6) is 0.342. The SMILES string of the molecule is COc1ccccc1S(=O)(=O)N(C)Cc1ccncc1. The molecule has 0 saturated heterocycles. The molecule has 5 nitrogen and oxygen atoms in total. The summed E-state index contributed by atoms with van der Waals surface area (Å²) in [6.45, 7) is 0.281. The van der Waals surface area contributed by atoms with Crippen molar-refractivity contribution in [1.82, 2.24) is 9.29 Å². The Morgan fingerprint density at radius 1 is 1.15 bits per heavy atom. The van der Waals surface area contributed by atoms with Gasteiger partial charge < -0.3 is 4.74 Å². The fourth-order valence-corrected chi connectivity index (χ4v) is 3.14. The van der Waals surface area contributed by atoms with Crippen molar-refractivity contribution in [3.63, 3.8) is 0 Å². The molecule has 1 aromatic carbocycles. The van der Waals surface area contributed by atoms with Crippen LogP contribution in [0.3, 0.4) is 0 Å². The topological polar surface area (TPSA) is 59.5 Å². The number of para-hydroxylation sites is 1. The van der Waals surface area contributed by atoms with Crippen molar-refractivity contribution in [1.29, 1.82) is 0 Å². The number of pyridine rings is 1. The Bertz CT molecular complexity index is 672. The van der Waals surface area contributed by atoms with E-state index in [4.69, 9.17) is 4.74 Å². The normalized spacial score (nSPS) is 11.6. The van der Waals surface area contributed by atoms with Gasteiger partial charge in [0.05, 0.1) is 7.11 Å². The van der Waals surface area contributed by atoms with Crippen LogP contribution in [0.25, 0.3) is 0 Å². The molecule has 1 heterocycles. The lowest BCUT2D eigenvalue weighted by molar-refractivity contribution is 0.397. The highest BCUT2D eigenvalue weighted by atomic mass is 32.2. The Kier molecular flexibility index (Phi) is 4.36. The molecule has 106 valence electrons. The van der Waals surface area contributed by atoms with Crippen LogP contribution in [0.2, 0.25) is 0 Å². The van der Waals surface area contributed by atoms with E-state index in [9.17, 15) is 8.42 Å². The van der Waals surface area contributed by atoms with Crippen LogP contribution < -0.4 is 4.74 Å². The molecular weight excluding hydrogens is 276 g/mol. The lowest BCUT2D eigenvalue weighted by atomic mass is 10.3. The fraction of sp³-hybridized carbons (Fsp3) is 0.214. The largest absolute Gasteiger partial charge is 0.495 e. The first-order chi connectivity index (χ1) is 9.55. The minimum absolute atomic E-state index is 0.166. The highest BCUT2D eigenvalue weighted by Crippen LogP contribution is 2.26. The quantitative estimate of drug-likeness (QED) is 0.844. The summed E-state index contributed by atoms with van der Waals surface area (Å²) in [7, 11) is -0.593. The van der Waals surface area contributed by atoms with Gasteiger partial charge in [0.15, 0.2) is 0 Å². The van der Waals surface area contributed by atoms with Gasteiger partial charge in [0.2, 0.25) is 10.0 Å². The predicted molar refractivity (Wildman–Crippen MR) is 75.9 cm³/mol. The van der Waals surface area contributed by atoms with Gasteiger partial charge in [-0.15, -0.1) is 0 Å². The van der Waals surface area contributed by atoms with Crippen molar-refractivity contribution in [2.75, 3.05) is 14.2 Å². The number of ether oxygens (including phenoxy) is 1. The van der Waals surface area contributed by atoms with E-state index < -0.39 is 10.0 Å². The van der Waals surface area contributed by atoms with Crippen molar-refractivity contribution >= 4 is 10.0 Å². The molecule has 0 aliphatic carbocycles. The van der Waals surface area contributed by atoms with E-state index in [0.29, 0.717) is 5.75 Å². The molecule has 0 unspecified atom stereocenters. The Morgan fingerprint density at radius 3 is 2.45 bits per heavy atom. The van der Waals surface area contributed by atoms with Crippen LogP contribution in [-0.4, -0.2) is 31.9 Å². The van der Waals surface area contributed by atoms with E-state index in [1.54, 1.807) is 49.8 Å². The first-order valence-electron chi connectivity index (χ1n) is 6.04. The van der Waals surface area contributed by atoms with Gasteiger partial charge in [-0.2, -0.15) is 4.31 Å². The average Bonchev–Trinajstić information content (AvgIpc) is 2.48. The number of benzene rings is 1. The summed E-state index contributed by atoms with van der Waals surface area (Å²) in [6, 6.07) is 10.2. The molecule has 0 aliphatic heterocycles. The third-order valence-corrected chi connectivity index (χ3v) is 4.75. The third-order valence-electron chi connectivity index (χ3n) is 2.91. The maximum atomic E-state index is 12.5. The van der Waals surface area contributed by atoms with Crippen LogP contribution in [-0.2, 0) is 16.6 Å². The molecule has 0 saturated carbocycles. The zero-order valence-electron chi connectivity index (χ0n) is 11.4. The standard InChI is InChI=1S/C14H16N2O3S/c1-16(11-12-7-9-15-10-8-12)20(17,18)14-6-4-3-5-13(14)19-2/h3-10H,11H2,1-2H3. The highest BCUT2D eigenvalue weighted by Gasteiger charge is 2.24. The maximum absolute atomic E-state index is 12.5. The van der Waals surface area contributed by atoms with Crippen molar-refractivity contribution in [3.05, 3.63) is 54.4 Å². The molecule has 0 radical (unpaired) electrons. The average molecular weight is 292 g/mol. The second-order valence-corrected chi connectivity index (χ2v) is 6.28. The molecule has 0 bridgehead atoms. The van der Waals surface area contributed by atoms with Crippen molar-refractivity contribution in [2.24, 2.45) is 0 Å². The van der Waals surface area contributed by atoms with Crippen LogP contribution in [0.15, 0.2) is 53.7 Å². The molecule has 2 aromatic rings. The molecule has 20 heavy (non-hydrogen) atoms. The molecule has 0 fully saturated rings. The summed E-state index contributed by atoms with van der Waals surface area (Å²) in [5, 5.41) is 0. The molecule has 0 spiro atoms. The summed E-state index contributed by atoms with van der Waals surface area (Å²) >= 11 is 0. The summed E-state index contributed by atoms with van der Waals surface area (Å²) in [6.07, 6.45) is 3.28. The van der Waals surface area contributed by atoms with Crippen LogP contribution in [0, 0.1) is 0 Å². The van der Waals surface area contributed by atoms with Crippen LogP contribution >= 0.6 is 0 Å². The lowest BCUT2D eigenvalue weighted by Gasteiger charge is -2.18. The van der Waals surface area contributed by atoms with Gasteiger partial charge in [-0.25, -0.2) is 8.42 Å². The first-order valence-corrected chi connectivity index (χ1v) is 7.48. The van der Waals surface area contributed by atoms with Crippen molar-refractivity contribution in [2.45, 2.75) is 11.4 Å². The maximum Gasteiger partial charge on any atom is 0.246 e. The van der Waals surface area contributed by atoms with E-state index in [0.717, 1.165) is 5.56 Å². The van der Waals surface area contributed by atoms with Crippen LogP contribution in [0.5, 0.6) is 5.75 Å². The van der Waals surface area contributed by atoms with Crippen LogP contribution in [0.4, 0.5) is 0 Å². The van der Waals surface area contributed by atoms with Gasteiger partial charge in [0.25, 0.3) is 0 Å². The van der Waals surface area contributed by atoms with E-state index >= 15 is 0 Å². The van der Waals surface area contributed by atoms with Crippen LogP contribution in [0.1, 0.15) is 5.56 Å². The number of hydrogen-bond acceptors (Lipinski definition) is 4. The Labute approximate surface area is 118 Å². The van der Waals surface area contributed by atoms with Gasteiger partial charge in [-0.05, 0) is 29.8 Å². The summed E-state index contributed by atoms with van der Waals surface area (Å²) in [4.78, 5) is 4.08. The van der Waals surface area contributed by atoms with Crippen molar-refractivity contribution in [3.8, 4) is 5.75 Å². The Balaban J connectivity index is 2.30. The van der Waals surface area contributed by atoms with E-state index in [1.807, 2.05) is 0 Å². The number of methoxy groups -OCH3 is 1. The second-order valence-electron chi connectivity index (χ2n) is 4.27. The molecule has 6 heteroatoms. The zero-order valence-corrected chi connectivity index (χ0v) is 12.2. The van der Waals surface area contributed by atoms with Gasteiger partial charge in [0.1, 0.15) is 10.6 Å². The summed E-state index contributed by atoms with van der Waals surface area (Å²) < 4.78 is 31.5. The third kappa shape index (κ3) is 2.97. The molecule has 0 atom stereocenters.